The zero-order valence-electron chi connectivity index (χ0n) is 13.9. The number of aromatic nitrogens is 3. The number of pyridine rings is 1. The molecular weight excluding hydrogens is 304 g/mol. The molecule has 24 heavy (non-hydrogen) atoms. The van der Waals surface area contributed by atoms with Crippen molar-refractivity contribution in [3.63, 3.8) is 0 Å². The van der Waals surface area contributed by atoms with E-state index in [0.717, 1.165) is 5.56 Å². The number of rotatable bonds is 3. The van der Waals surface area contributed by atoms with Crippen LogP contribution >= 0.6 is 0 Å². The molecule has 0 radical (unpaired) electrons. The first-order valence-corrected chi connectivity index (χ1v) is 7.71. The number of aryl methyl sites for hydroxylation is 1. The van der Waals surface area contributed by atoms with E-state index in [1.54, 1.807) is 44.6 Å². The molecule has 2 heterocycles. The Morgan fingerprint density at radius 3 is 2.50 bits per heavy atom. The van der Waals surface area contributed by atoms with E-state index in [9.17, 15) is 9.59 Å². The van der Waals surface area contributed by atoms with Crippen LogP contribution in [0, 0.1) is 0 Å². The van der Waals surface area contributed by atoms with Gasteiger partial charge in [0.1, 0.15) is 11.2 Å². The highest BCUT2D eigenvalue weighted by Gasteiger charge is 2.14. The van der Waals surface area contributed by atoms with Crippen LogP contribution in [0.2, 0.25) is 0 Å². The van der Waals surface area contributed by atoms with Crippen LogP contribution in [0.1, 0.15) is 17.3 Å². The van der Waals surface area contributed by atoms with Gasteiger partial charge in [-0.15, -0.1) is 0 Å². The summed E-state index contributed by atoms with van der Waals surface area (Å²) in [5.74, 6) is -0.0592. The summed E-state index contributed by atoms with van der Waals surface area (Å²) >= 11 is 0. The molecule has 0 unspecified atom stereocenters. The van der Waals surface area contributed by atoms with Crippen LogP contribution in [0.5, 0.6) is 0 Å². The first-order valence-electron chi connectivity index (χ1n) is 7.71. The average Bonchev–Trinajstić information content (AvgIpc) is 2.62. The monoisotopic (exact) mass is 322 g/mol. The molecule has 0 fully saturated rings. The average molecular weight is 322 g/mol. The fourth-order valence-electron chi connectivity index (χ4n) is 2.56. The minimum absolute atomic E-state index is 0.0592. The second-order valence-electron chi connectivity index (χ2n) is 5.65. The van der Waals surface area contributed by atoms with Gasteiger partial charge in [-0.05, 0) is 31.2 Å². The van der Waals surface area contributed by atoms with E-state index in [1.807, 2.05) is 19.1 Å². The maximum absolute atomic E-state index is 12.4. The zero-order valence-corrected chi connectivity index (χ0v) is 13.9. The van der Waals surface area contributed by atoms with Crippen molar-refractivity contribution in [1.82, 2.24) is 19.7 Å². The van der Waals surface area contributed by atoms with Gasteiger partial charge in [-0.2, -0.15) is 5.10 Å². The molecule has 0 spiro atoms. The van der Waals surface area contributed by atoms with Gasteiger partial charge in [0.25, 0.3) is 11.5 Å². The number of carbonyl (C=O) groups excluding carboxylic acids is 1. The Bertz CT molecular complexity index is 959. The van der Waals surface area contributed by atoms with E-state index in [2.05, 4.69) is 10.1 Å². The van der Waals surface area contributed by atoms with Gasteiger partial charge < -0.3 is 4.90 Å². The summed E-state index contributed by atoms with van der Waals surface area (Å²) in [5.41, 5.74) is 2.47. The summed E-state index contributed by atoms with van der Waals surface area (Å²) in [6.45, 7) is 2.35. The molecule has 3 aromatic rings. The Morgan fingerprint density at radius 2 is 1.88 bits per heavy atom. The van der Waals surface area contributed by atoms with Crippen LogP contribution in [-0.4, -0.2) is 39.7 Å². The molecule has 122 valence electrons. The first kappa shape index (κ1) is 15.9. The molecular formula is C18H18N4O2. The third-order valence-corrected chi connectivity index (χ3v) is 3.83. The number of hydrogen-bond acceptors (Lipinski definition) is 4. The Labute approximate surface area is 139 Å². The number of carbonyl (C=O) groups is 1. The quantitative estimate of drug-likeness (QED) is 0.741. The van der Waals surface area contributed by atoms with Crippen molar-refractivity contribution in [2.75, 3.05) is 14.1 Å². The van der Waals surface area contributed by atoms with Gasteiger partial charge in [-0.25, -0.2) is 4.68 Å². The molecule has 6 nitrogen and oxygen atoms in total. The number of fused-ring (bicyclic) bond motifs is 1. The molecule has 0 N–H and O–H groups in total. The summed E-state index contributed by atoms with van der Waals surface area (Å²) in [6.07, 6.45) is 1.65. The molecule has 0 saturated carbocycles. The number of hydrogen-bond donors (Lipinski definition) is 0. The van der Waals surface area contributed by atoms with Crippen LogP contribution < -0.4 is 5.56 Å². The van der Waals surface area contributed by atoms with Gasteiger partial charge in [0.15, 0.2) is 0 Å². The smallest absolute Gasteiger partial charge is 0.276 e. The van der Waals surface area contributed by atoms with Gasteiger partial charge in [0, 0.05) is 38.0 Å². The zero-order chi connectivity index (χ0) is 17.3. The highest BCUT2D eigenvalue weighted by molar-refractivity contribution is 5.95. The third kappa shape index (κ3) is 2.67. The molecule has 3 rings (SSSR count). The molecule has 0 aliphatic rings. The fourth-order valence-corrected chi connectivity index (χ4v) is 2.56. The molecule has 1 aromatic carbocycles. The summed E-state index contributed by atoms with van der Waals surface area (Å²) in [4.78, 5) is 30.2. The predicted octanol–water partition coefficient (Wildman–Crippen LogP) is 2.18. The van der Waals surface area contributed by atoms with Crippen LogP contribution in [0.4, 0.5) is 0 Å². The van der Waals surface area contributed by atoms with Gasteiger partial charge in [-0.1, -0.05) is 12.1 Å². The lowest BCUT2D eigenvalue weighted by atomic mass is 10.1. The highest BCUT2D eigenvalue weighted by Crippen LogP contribution is 2.23. The minimum atomic E-state index is -0.149. The van der Waals surface area contributed by atoms with Crippen molar-refractivity contribution >= 4 is 16.8 Å². The maximum Gasteiger partial charge on any atom is 0.276 e. The van der Waals surface area contributed by atoms with E-state index < -0.39 is 0 Å². The number of amides is 1. The van der Waals surface area contributed by atoms with Gasteiger partial charge >= 0.3 is 0 Å². The van der Waals surface area contributed by atoms with Crippen molar-refractivity contribution in [3.05, 3.63) is 58.5 Å². The fraction of sp³-hybridized carbons (Fsp3) is 0.222. The number of benzene rings is 1. The summed E-state index contributed by atoms with van der Waals surface area (Å²) in [7, 11) is 3.43. The van der Waals surface area contributed by atoms with Crippen molar-refractivity contribution in [2.45, 2.75) is 13.5 Å². The van der Waals surface area contributed by atoms with Gasteiger partial charge in [0.2, 0.25) is 0 Å². The Hall–Kier alpha value is -3.02. The predicted molar refractivity (Wildman–Crippen MR) is 92.9 cm³/mol. The van der Waals surface area contributed by atoms with Crippen LogP contribution in [0.15, 0.2) is 47.4 Å². The summed E-state index contributed by atoms with van der Waals surface area (Å²) in [6, 6.07) is 10.7. The Kier molecular flexibility index (Phi) is 4.12. The molecule has 2 aromatic heterocycles. The highest BCUT2D eigenvalue weighted by atomic mass is 16.2. The molecule has 0 aliphatic heterocycles. The lowest BCUT2D eigenvalue weighted by molar-refractivity contribution is 0.0827. The lowest BCUT2D eigenvalue weighted by Gasteiger charge is -2.11. The van der Waals surface area contributed by atoms with Crippen LogP contribution in [0.3, 0.4) is 0 Å². The summed E-state index contributed by atoms with van der Waals surface area (Å²) in [5, 5.41) is 4.98. The van der Waals surface area contributed by atoms with Crippen LogP contribution in [0.25, 0.3) is 22.2 Å². The largest absolute Gasteiger partial charge is 0.345 e. The molecule has 0 aliphatic carbocycles. The van der Waals surface area contributed by atoms with E-state index in [-0.39, 0.29) is 11.5 Å². The molecule has 0 bridgehead atoms. The second kappa shape index (κ2) is 6.23. The molecule has 1 amide bonds. The normalized spacial score (nSPS) is 10.8. The minimum Gasteiger partial charge on any atom is -0.345 e. The van der Waals surface area contributed by atoms with Crippen LogP contribution in [-0.2, 0) is 6.54 Å². The SMILES string of the molecule is CCn1nc(-c2ccc(C(=O)N(C)C)cc2)c2ncccc2c1=O. The van der Waals surface area contributed by atoms with Crippen molar-refractivity contribution < 1.29 is 4.79 Å². The topological polar surface area (TPSA) is 68.1 Å². The Balaban J connectivity index is 2.18. The maximum atomic E-state index is 12.4. The van der Waals surface area contributed by atoms with Crippen molar-refractivity contribution in [1.29, 1.82) is 0 Å². The van der Waals surface area contributed by atoms with Crippen molar-refractivity contribution in [3.8, 4) is 11.3 Å². The molecule has 6 heteroatoms. The van der Waals surface area contributed by atoms with Gasteiger partial charge in [0.05, 0.1) is 5.39 Å². The second-order valence-corrected chi connectivity index (χ2v) is 5.65. The number of nitrogens with zero attached hydrogens (tertiary/aromatic N) is 4. The van der Waals surface area contributed by atoms with E-state index in [4.69, 9.17) is 0 Å². The third-order valence-electron chi connectivity index (χ3n) is 3.83. The molecule has 0 atom stereocenters. The first-order chi connectivity index (χ1) is 11.5. The van der Waals surface area contributed by atoms with Gasteiger partial charge in [-0.3, -0.25) is 14.6 Å². The summed E-state index contributed by atoms with van der Waals surface area (Å²) < 4.78 is 1.43. The molecule has 0 saturated heterocycles. The lowest BCUT2D eigenvalue weighted by Crippen LogP contribution is -2.23. The van der Waals surface area contributed by atoms with E-state index in [1.165, 1.54) is 9.58 Å². The standard InChI is InChI=1S/C18H18N4O2/c1-4-22-18(24)14-6-5-11-19-16(14)15(20-22)12-7-9-13(10-8-12)17(23)21(2)3/h5-11H,4H2,1-3H3. The van der Waals surface area contributed by atoms with Crippen molar-refractivity contribution in [2.24, 2.45) is 0 Å². The van der Waals surface area contributed by atoms with E-state index >= 15 is 0 Å². The van der Waals surface area contributed by atoms with E-state index in [0.29, 0.717) is 28.7 Å². The Morgan fingerprint density at radius 1 is 1.17 bits per heavy atom.